The van der Waals surface area contributed by atoms with E-state index in [0.29, 0.717) is 13.2 Å². The van der Waals surface area contributed by atoms with Gasteiger partial charge in [0.15, 0.2) is 0 Å². The third-order valence-electron chi connectivity index (χ3n) is 2.24. The Morgan fingerprint density at radius 3 is 2.92 bits per heavy atom. The molecule has 5 heteroatoms. The van der Waals surface area contributed by atoms with Crippen LogP contribution in [0.3, 0.4) is 0 Å². The minimum Gasteiger partial charge on any atom is -0.418 e. The second kappa shape index (κ2) is 3.93. The van der Waals surface area contributed by atoms with Gasteiger partial charge in [0.2, 0.25) is 6.29 Å². The van der Waals surface area contributed by atoms with Crippen LogP contribution >= 0.6 is 0 Å². The van der Waals surface area contributed by atoms with Gasteiger partial charge in [0.1, 0.15) is 0 Å². The molecular formula is C8H14N2O3. The summed E-state index contributed by atoms with van der Waals surface area (Å²) in [6.45, 7) is 3.67. The number of carbonyl (C=O) groups is 1. The van der Waals surface area contributed by atoms with Crippen LogP contribution in [0.15, 0.2) is 0 Å². The van der Waals surface area contributed by atoms with Gasteiger partial charge in [-0.1, -0.05) is 0 Å². The van der Waals surface area contributed by atoms with Crippen LogP contribution in [0.5, 0.6) is 0 Å². The molecule has 2 heterocycles. The summed E-state index contributed by atoms with van der Waals surface area (Å²) in [4.78, 5) is 13.0. The third-order valence-corrected chi connectivity index (χ3v) is 2.24. The Kier molecular flexibility index (Phi) is 2.65. The number of morpholine rings is 1. The SMILES string of the molecule is O=C(OC1CNCCO1)N1CCC1. The van der Waals surface area contributed by atoms with Crippen molar-refractivity contribution in [2.75, 3.05) is 32.8 Å². The molecule has 2 aliphatic rings. The van der Waals surface area contributed by atoms with E-state index in [0.717, 1.165) is 26.1 Å². The summed E-state index contributed by atoms with van der Waals surface area (Å²) in [5, 5.41) is 3.09. The molecule has 0 saturated carbocycles. The van der Waals surface area contributed by atoms with Crippen LogP contribution in [0.1, 0.15) is 6.42 Å². The first kappa shape index (κ1) is 8.77. The number of nitrogens with zero attached hydrogens (tertiary/aromatic N) is 1. The van der Waals surface area contributed by atoms with Gasteiger partial charge in [0.05, 0.1) is 13.2 Å². The Hall–Kier alpha value is -0.810. The maximum atomic E-state index is 11.3. The summed E-state index contributed by atoms with van der Waals surface area (Å²) in [5.41, 5.74) is 0. The Morgan fingerprint density at radius 1 is 1.54 bits per heavy atom. The molecule has 2 fully saturated rings. The van der Waals surface area contributed by atoms with Crippen LogP contribution in [0.4, 0.5) is 4.79 Å². The molecule has 0 aromatic carbocycles. The van der Waals surface area contributed by atoms with E-state index < -0.39 is 6.29 Å². The molecule has 5 nitrogen and oxygen atoms in total. The lowest BCUT2D eigenvalue weighted by atomic mass is 10.2. The Bertz CT molecular complexity index is 188. The Balaban J connectivity index is 1.72. The lowest BCUT2D eigenvalue weighted by molar-refractivity contribution is -0.125. The van der Waals surface area contributed by atoms with Gasteiger partial charge in [0.25, 0.3) is 0 Å². The van der Waals surface area contributed by atoms with Crippen LogP contribution in [0.25, 0.3) is 0 Å². The third kappa shape index (κ3) is 2.10. The molecule has 0 spiro atoms. The van der Waals surface area contributed by atoms with Crippen molar-refractivity contribution in [1.29, 1.82) is 0 Å². The van der Waals surface area contributed by atoms with Crippen molar-refractivity contribution in [2.24, 2.45) is 0 Å². The van der Waals surface area contributed by atoms with Crippen LogP contribution in [0.2, 0.25) is 0 Å². The van der Waals surface area contributed by atoms with Crippen molar-refractivity contribution in [3.05, 3.63) is 0 Å². The average Bonchev–Trinajstić information content (AvgIpc) is 2.02. The van der Waals surface area contributed by atoms with E-state index in [1.54, 1.807) is 4.90 Å². The van der Waals surface area contributed by atoms with E-state index in [-0.39, 0.29) is 6.09 Å². The number of hydrogen-bond acceptors (Lipinski definition) is 4. The van der Waals surface area contributed by atoms with E-state index in [1.165, 1.54) is 0 Å². The van der Waals surface area contributed by atoms with Crippen molar-refractivity contribution in [2.45, 2.75) is 12.7 Å². The second-order valence-electron chi connectivity index (χ2n) is 3.23. The lowest BCUT2D eigenvalue weighted by Crippen LogP contribution is -2.47. The standard InChI is InChI=1S/C8H14N2O3/c11-8(10-3-1-4-10)13-7-6-9-2-5-12-7/h7,9H,1-6H2. The molecule has 0 bridgehead atoms. The van der Waals surface area contributed by atoms with E-state index in [1.807, 2.05) is 0 Å². The van der Waals surface area contributed by atoms with Gasteiger partial charge in [-0.05, 0) is 6.42 Å². The zero-order valence-electron chi connectivity index (χ0n) is 7.49. The number of carbonyl (C=O) groups excluding carboxylic acids is 1. The zero-order chi connectivity index (χ0) is 9.10. The highest BCUT2D eigenvalue weighted by atomic mass is 16.7. The molecule has 1 amide bonds. The molecule has 74 valence electrons. The molecule has 1 atom stereocenters. The number of ether oxygens (including phenoxy) is 2. The van der Waals surface area contributed by atoms with Gasteiger partial charge in [-0.2, -0.15) is 0 Å². The molecule has 2 saturated heterocycles. The van der Waals surface area contributed by atoms with Crippen molar-refractivity contribution in [1.82, 2.24) is 10.2 Å². The minimum atomic E-state index is -0.401. The summed E-state index contributed by atoms with van der Waals surface area (Å²) in [6, 6.07) is 0. The summed E-state index contributed by atoms with van der Waals surface area (Å²) in [6.07, 6.45) is 0.431. The van der Waals surface area contributed by atoms with Crippen LogP contribution in [0, 0.1) is 0 Å². The second-order valence-corrected chi connectivity index (χ2v) is 3.23. The van der Waals surface area contributed by atoms with E-state index in [9.17, 15) is 4.79 Å². The molecule has 1 unspecified atom stereocenters. The van der Waals surface area contributed by atoms with Gasteiger partial charge in [-0.25, -0.2) is 4.79 Å². The van der Waals surface area contributed by atoms with Gasteiger partial charge in [-0.3, -0.25) is 0 Å². The first-order valence-corrected chi connectivity index (χ1v) is 4.64. The fraction of sp³-hybridized carbons (Fsp3) is 0.875. The molecule has 0 aromatic rings. The fourth-order valence-electron chi connectivity index (χ4n) is 1.30. The average molecular weight is 186 g/mol. The fourth-order valence-corrected chi connectivity index (χ4v) is 1.30. The van der Waals surface area contributed by atoms with Crippen molar-refractivity contribution >= 4 is 6.09 Å². The first-order valence-electron chi connectivity index (χ1n) is 4.64. The maximum absolute atomic E-state index is 11.3. The van der Waals surface area contributed by atoms with Crippen molar-refractivity contribution in [3.63, 3.8) is 0 Å². The van der Waals surface area contributed by atoms with Crippen LogP contribution < -0.4 is 5.32 Å². The summed E-state index contributed by atoms with van der Waals surface area (Å²) >= 11 is 0. The summed E-state index contributed by atoms with van der Waals surface area (Å²) in [5.74, 6) is 0. The number of likely N-dealkylation sites (tertiary alicyclic amines) is 1. The van der Waals surface area contributed by atoms with E-state index in [2.05, 4.69) is 5.32 Å². The number of hydrogen-bond donors (Lipinski definition) is 1. The molecule has 0 radical (unpaired) electrons. The molecule has 0 aromatic heterocycles. The van der Waals surface area contributed by atoms with Gasteiger partial charge in [0, 0.05) is 19.6 Å². The topological polar surface area (TPSA) is 50.8 Å². The predicted octanol–water partition coefficient (Wildman–Crippen LogP) is -0.225. The Morgan fingerprint density at radius 2 is 2.38 bits per heavy atom. The maximum Gasteiger partial charge on any atom is 0.412 e. The van der Waals surface area contributed by atoms with E-state index >= 15 is 0 Å². The normalized spacial score (nSPS) is 28.0. The highest BCUT2D eigenvalue weighted by Crippen LogP contribution is 2.09. The van der Waals surface area contributed by atoms with Gasteiger partial charge in [-0.15, -0.1) is 0 Å². The molecule has 13 heavy (non-hydrogen) atoms. The number of rotatable bonds is 1. The molecule has 0 aliphatic carbocycles. The first-order chi connectivity index (χ1) is 6.36. The minimum absolute atomic E-state index is 0.250. The number of nitrogens with one attached hydrogen (secondary N) is 1. The molecule has 2 rings (SSSR count). The molecular weight excluding hydrogens is 172 g/mol. The van der Waals surface area contributed by atoms with Crippen LogP contribution in [-0.2, 0) is 9.47 Å². The molecule has 1 N–H and O–H groups in total. The lowest BCUT2D eigenvalue weighted by Gasteiger charge is -2.32. The van der Waals surface area contributed by atoms with Gasteiger partial charge < -0.3 is 19.7 Å². The quantitative estimate of drug-likeness (QED) is 0.615. The van der Waals surface area contributed by atoms with Crippen LogP contribution in [-0.4, -0.2) is 50.1 Å². The smallest absolute Gasteiger partial charge is 0.412 e. The highest BCUT2D eigenvalue weighted by molar-refractivity contribution is 5.68. The van der Waals surface area contributed by atoms with E-state index in [4.69, 9.17) is 9.47 Å². The van der Waals surface area contributed by atoms with Crippen molar-refractivity contribution in [3.8, 4) is 0 Å². The monoisotopic (exact) mass is 186 g/mol. The summed E-state index contributed by atoms with van der Waals surface area (Å²) in [7, 11) is 0. The zero-order valence-corrected chi connectivity index (χ0v) is 7.49. The largest absolute Gasteiger partial charge is 0.418 e. The van der Waals surface area contributed by atoms with Crippen molar-refractivity contribution < 1.29 is 14.3 Å². The highest BCUT2D eigenvalue weighted by Gasteiger charge is 2.25. The molecule has 2 aliphatic heterocycles. The predicted molar refractivity (Wildman–Crippen MR) is 45.3 cm³/mol. The Labute approximate surface area is 77.0 Å². The number of amides is 1. The van der Waals surface area contributed by atoms with Gasteiger partial charge >= 0.3 is 6.09 Å². The summed E-state index contributed by atoms with van der Waals surface area (Å²) < 4.78 is 10.3.